The maximum absolute atomic E-state index is 17.6. The predicted molar refractivity (Wildman–Crippen MR) is 358 cm³/mol. The van der Waals surface area contributed by atoms with Gasteiger partial charge in [-0.25, -0.2) is 80.2 Å². The van der Waals surface area contributed by atoms with Crippen LogP contribution in [0.1, 0.15) is 22.8 Å². The quantitative estimate of drug-likeness (QED) is 0.0441. The van der Waals surface area contributed by atoms with Crippen LogP contribution >= 0.6 is 47.0 Å². The van der Waals surface area contributed by atoms with Gasteiger partial charge < -0.3 is 111 Å². The molecule has 0 saturated carbocycles. The normalized spacial score (nSPS) is 28.8. The summed E-state index contributed by atoms with van der Waals surface area (Å²) in [6.45, 7) is -4.55. The average Bonchev–Trinajstić information content (AvgIpc) is 1.61. The number of aromatic nitrogens is 4. The van der Waals surface area contributed by atoms with Crippen LogP contribution in [0.2, 0.25) is 0 Å². The molecule has 8 bridgehead atoms. The van der Waals surface area contributed by atoms with Gasteiger partial charge in [-0.3, -0.25) is 0 Å². The molecule has 0 amide bonds. The molecule has 4 fully saturated rings. The molecule has 44 heteroatoms. The minimum Gasteiger partial charge on any atom is -0.394 e. The number of hydrogen-bond acceptors (Lipinski definition) is 26. The van der Waals surface area contributed by atoms with Gasteiger partial charge in [0.15, 0.2) is 93.1 Å². The van der Waals surface area contributed by atoms with Crippen LogP contribution in [0, 0.1) is 93.1 Å². The summed E-state index contributed by atoms with van der Waals surface area (Å²) >= 11 is -1.48. The number of nitrogens with zero attached hydrogens (tertiary/aromatic N) is 2. The Labute approximate surface area is 631 Å². The largest absolute Gasteiger partial charge is 0.394 e. The zero-order valence-corrected chi connectivity index (χ0v) is 58.6. The zero-order chi connectivity index (χ0) is 81.3. The molecule has 24 nitrogen and oxygen atoms in total. The number of H-pyrrole nitrogens is 2. The summed E-state index contributed by atoms with van der Waals surface area (Å²) in [7, 11) is 0. The van der Waals surface area contributed by atoms with E-state index in [2.05, 4.69) is 19.9 Å². The van der Waals surface area contributed by atoms with Crippen LogP contribution in [-0.2, 0) is 18.9 Å². The van der Waals surface area contributed by atoms with E-state index in [4.69, 9.17) is 18.9 Å². The monoisotopic (exact) mass is 1680 g/mol. The van der Waals surface area contributed by atoms with Gasteiger partial charge in [0.2, 0.25) is 0 Å². The van der Waals surface area contributed by atoms with Crippen LogP contribution in [0.4, 0.5) is 70.2 Å². The lowest BCUT2D eigenvalue weighted by Crippen LogP contribution is -2.57. The summed E-state index contributed by atoms with van der Waals surface area (Å²) in [4.78, 5) is 6.27. The van der Waals surface area contributed by atoms with Crippen molar-refractivity contribution in [3.8, 4) is 44.5 Å². The van der Waals surface area contributed by atoms with Gasteiger partial charge in [-0.15, -0.1) is 0 Å². The van der Waals surface area contributed by atoms with Gasteiger partial charge in [0.05, 0.1) is 91.0 Å². The number of aliphatic hydroxyl groups excluding tert-OH is 16. The van der Waals surface area contributed by atoms with E-state index in [1.165, 1.54) is 0 Å². The first-order valence-corrected chi connectivity index (χ1v) is 36.1. The number of rotatable bonds is 16. The van der Waals surface area contributed by atoms with Crippen molar-refractivity contribution in [3.63, 3.8) is 0 Å². The van der Waals surface area contributed by atoms with Crippen molar-refractivity contribution in [1.82, 2.24) is 19.9 Å². The summed E-state index contributed by atoms with van der Waals surface area (Å²) in [5.41, 5.74) is -30.4. The fraction of sp³-hybridized carbons (Fsp3) is 0.353. The van der Waals surface area contributed by atoms with Crippen LogP contribution < -0.4 is 0 Å². The number of aliphatic hydroxyl groups is 16. The van der Waals surface area contributed by atoms with Crippen molar-refractivity contribution in [2.24, 2.45) is 0 Å². The predicted octanol–water partition coefficient (Wildman–Crippen LogP) is 5.12. The molecule has 7 aromatic rings. The molecule has 0 unspecified atom stereocenters. The van der Waals surface area contributed by atoms with Gasteiger partial charge >= 0.3 is 0 Å². The van der Waals surface area contributed by atoms with E-state index in [0.717, 1.165) is 0 Å². The molecule has 20 atom stereocenters. The molecule has 0 radical (unpaired) electrons. The summed E-state index contributed by atoms with van der Waals surface area (Å²) in [5.74, 6) is -39.3. The van der Waals surface area contributed by atoms with Crippen LogP contribution in [-0.4, -0.2) is 247 Å². The molecular formula is C68H54F16N4O20S4. The van der Waals surface area contributed by atoms with Gasteiger partial charge in [0.25, 0.3) is 0 Å². The smallest absolute Gasteiger partial charge is 0.176 e. The van der Waals surface area contributed by atoms with E-state index in [1.807, 2.05) is 0 Å². The molecular weight excluding hydrogens is 1620 g/mol. The molecule has 0 spiro atoms. The molecule has 602 valence electrons. The number of fused-ring (bicyclic) bond motifs is 8. The van der Waals surface area contributed by atoms with Gasteiger partial charge in [-0.1, -0.05) is 47.0 Å². The van der Waals surface area contributed by atoms with Crippen molar-refractivity contribution in [2.75, 3.05) is 26.4 Å². The molecule has 6 aliphatic heterocycles. The standard InChI is InChI=1S/C68H54F16N4O20S4/c69-33-29(34(70)42(78)61(41(33)77)109-65-57(101)53(97)49(93)21(9-89)105-65)25-13-1-2-14(85-13)26(30-35(71)43(79)62(44(80)36(30)72)110-66-58(102)54(98)50(94)22(10-90)106-66)16-5-6-18(87-16)28(32-39(75)47(83)64(48(84)40(32)76)112-68-60(104)56(100)52(96)24(12-92)108-68)20-8-7-19(88-20)27(17-4-3-15(25)86-17)31-37(73)45(81)63(46(82)38(31)74)111-67-59(103)55(99)51(95)23(11-91)107-67/h1-8,21-24,49-60,65-68,85-86,89-104H,9-12H2/t21-,22-,23-,24-,49-,50-,51-,52-,53+,54+,55+,56+,57-,58-,59-,60-,65+,66+,67+,68+/m1/s1. The highest BCUT2D eigenvalue weighted by atomic mass is 32.2. The first-order chi connectivity index (χ1) is 53.0. The number of halogens is 16. The Morgan fingerprint density at radius 1 is 0.250 bits per heavy atom. The second-order valence-electron chi connectivity index (χ2n) is 25.6. The van der Waals surface area contributed by atoms with Crippen LogP contribution in [0.15, 0.2) is 43.8 Å². The molecule has 13 rings (SSSR count). The molecule has 3 aromatic heterocycles. The van der Waals surface area contributed by atoms with Gasteiger partial charge in [0, 0.05) is 44.3 Å². The summed E-state index contributed by atoms with van der Waals surface area (Å²) < 4.78 is 298. The summed E-state index contributed by atoms with van der Waals surface area (Å²) in [5, 5.41) is 166. The average molecular weight is 1680 g/mol. The van der Waals surface area contributed by atoms with E-state index in [0.29, 0.717) is 48.6 Å². The fourth-order valence-electron chi connectivity index (χ4n) is 13.1. The lowest BCUT2D eigenvalue weighted by atomic mass is 10.00. The second kappa shape index (κ2) is 32.2. The molecule has 4 aromatic carbocycles. The number of aromatic amines is 2. The fourth-order valence-corrected chi connectivity index (χ4v) is 17.6. The van der Waals surface area contributed by atoms with E-state index in [1.54, 1.807) is 0 Å². The Morgan fingerprint density at radius 3 is 0.652 bits per heavy atom. The third-order valence-electron chi connectivity index (χ3n) is 19.0. The van der Waals surface area contributed by atoms with Crippen LogP contribution in [0.3, 0.4) is 0 Å². The van der Waals surface area contributed by atoms with Crippen molar-refractivity contribution >= 4 is 93.4 Å². The number of hydrogen-bond donors (Lipinski definition) is 18. The third-order valence-corrected chi connectivity index (χ3v) is 23.8. The van der Waals surface area contributed by atoms with Crippen molar-refractivity contribution in [2.45, 2.75) is 139 Å². The van der Waals surface area contributed by atoms with Crippen LogP contribution in [0.25, 0.3) is 90.9 Å². The highest BCUT2D eigenvalue weighted by molar-refractivity contribution is 8.00. The molecule has 4 saturated heterocycles. The highest BCUT2D eigenvalue weighted by Crippen LogP contribution is 2.51. The Kier molecular flexibility index (Phi) is 23.9. The first kappa shape index (κ1) is 82.9. The van der Waals surface area contributed by atoms with Crippen molar-refractivity contribution < 1.29 is 171 Å². The van der Waals surface area contributed by atoms with Gasteiger partial charge in [-0.2, -0.15) is 0 Å². The van der Waals surface area contributed by atoms with Gasteiger partial charge in [0.1, 0.15) is 119 Å². The van der Waals surface area contributed by atoms with E-state index >= 15 is 70.2 Å². The minimum absolute atomic E-state index is 0.367. The SMILES string of the molecule is OC[C@H]1O[C@@H](Sc2c(F)c(F)c(-c3c4nc(c(-c5c(F)c(F)c(S[C@@H]6O[C@H](CO)[C@@H](O)[C@H](O)[C@H]6O)c(F)c5F)c5ccc([nH]5)c(-c5c(F)c(F)c(S[C@@H]6O[C@H](CO)[C@@H](O)[C@H](O)[C@H]6O)c(F)c5F)c5ccc([nH]5)c(-c5c(F)c(F)c(S[C@@H]6O[C@H](CO)[C@@H](O)[C@H](O)[C@H]6O)c(F)c5F)c5nc3C=C5)C=C4)c(F)c2F)[C@H](O)[C@@H](O)[C@@H]1O. The molecule has 18 N–H and O–H groups in total. The molecule has 112 heavy (non-hydrogen) atoms. The lowest BCUT2D eigenvalue weighted by molar-refractivity contribution is -0.205. The van der Waals surface area contributed by atoms with E-state index in [9.17, 15) is 81.7 Å². The molecule has 0 aliphatic carbocycles. The van der Waals surface area contributed by atoms with Crippen molar-refractivity contribution in [1.29, 1.82) is 0 Å². The first-order valence-electron chi connectivity index (χ1n) is 32.5. The Balaban J connectivity index is 1.13. The number of ether oxygens (including phenoxy) is 4. The summed E-state index contributed by atoms with van der Waals surface area (Å²) in [6.07, 6.45) is -31.7. The summed E-state index contributed by atoms with van der Waals surface area (Å²) in [6, 6.07) is 2.52. The molecule has 6 aliphatic rings. The molecule has 9 heterocycles. The van der Waals surface area contributed by atoms with E-state index in [-0.39, 0.29) is 47.0 Å². The lowest BCUT2D eigenvalue weighted by Gasteiger charge is -2.39. The Morgan fingerprint density at radius 2 is 0.438 bits per heavy atom. The maximum Gasteiger partial charge on any atom is 0.176 e. The Hall–Kier alpha value is -7.04. The zero-order valence-electron chi connectivity index (χ0n) is 55.4. The van der Waals surface area contributed by atoms with Crippen molar-refractivity contribution in [3.05, 3.63) is 140 Å². The van der Waals surface area contributed by atoms with Crippen LogP contribution in [0.5, 0.6) is 0 Å². The highest BCUT2D eigenvalue weighted by Gasteiger charge is 2.50. The maximum atomic E-state index is 17.6. The van der Waals surface area contributed by atoms with E-state index < -0.39 is 348 Å². The second-order valence-corrected chi connectivity index (χ2v) is 30.0. The van der Waals surface area contributed by atoms with Gasteiger partial charge in [-0.05, 0) is 48.6 Å². The minimum atomic E-state index is -2.50. The topological polar surface area (TPSA) is 418 Å². The third kappa shape index (κ3) is 14.0. The number of benzene rings is 4. The number of thioether (sulfide) groups is 4. The number of nitrogens with one attached hydrogen (secondary N) is 2. The Bertz CT molecular complexity index is 4850.